The Balaban J connectivity index is 3.14. The minimum absolute atomic E-state index is 0.0547. The molecule has 1 amide bonds. The van der Waals surface area contributed by atoms with Gasteiger partial charge in [0.05, 0.1) is 4.90 Å². The maximum atomic E-state index is 12.6. The summed E-state index contributed by atoms with van der Waals surface area (Å²) in [5.41, 5.74) is 6.51. The van der Waals surface area contributed by atoms with Crippen molar-refractivity contribution in [2.75, 3.05) is 26.4 Å². The maximum Gasteiger partial charge on any atom is 0.243 e. The third kappa shape index (κ3) is 3.87. The zero-order valence-electron chi connectivity index (χ0n) is 12.5. The summed E-state index contributed by atoms with van der Waals surface area (Å²) in [6.07, 6.45) is 0. The van der Waals surface area contributed by atoms with Gasteiger partial charge in [0.1, 0.15) is 0 Å². The van der Waals surface area contributed by atoms with Crippen LogP contribution in [0.25, 0.3) is 0 Å². The van der Waals surface area contributed by atoms with Crippen LogP contribution in [0.4, 0.5) is 5.69 Å². The molecule has 0 fully saturated rings. The molecule has 118 valence electrons. The van der Waals surface area contributed by atoms with Gasteiger partial charge in [0, 0.05) is 37.3 Å². The van der Waals surface area contributed by atoms with Gasteiger partial charge in [-0.1, -0.05) is 18.5 Å². The molecule has 0 radical (unpaired) electrons. The highest BCUT2D eigenvalue weighted by Gasteiger charge is 2.27. The number of sulfonamides is 1. The quantitative estimate of drug-likeness (QED) is 0.793. The Bertz CT molecular complexity index is 646. The van der Waals surface area contributed by atoms with Gasteiger partial charge in [0.2, 0.25) is 15.9 Å². The van der Waals surface area contributed by atoms with E-state index in [4.69, 9.17) is 17.3 Å². The summed E-state index contributed by atoms with van der Waals surface area (Å²) in [7, 11) is -0.832. The van der Waals surface area contributed by atoms with Crippen molar-refractivity contribution >= 4 is 33.2 Å². The van der Waals surface area contributed by atoms with Crippen LogP contribution in [0.1, 0.15) is 12.5 Å². The van der Waals surface area contributed by atoms with Gasteiger partial charge in [-0.3, -0.25) is 4.79 Å². The van der Waals surface area contributed by atoms with Crippen LogP contribution in [0.3, 0.4) is 0 Å². The number of hydrogen-bond acceptors (Lipinski definition) is 4. The minimum Gasteiger partial charge on any atom is -0.398 e. The number of nitrogens with one attached hydrogen (secondary N) is 1. The predicted octanol–water partition coefficient (Wildman–Crippen LogP) is 1.23. The monoisotopic (exact) mass is 333 g/mol. The normalized spacial score (nSPS) is 13.2. The Morgan fingerprint density at radius 3 is 2.57 bits per heavy atom. The van der Waals surface area contributed by atoms with E-state index in [0.717, 1.165) is 4.31 Å². The number of halogens is 1. The molecular formula is C13H20ClN3O3S. The van der Waals surface area contributed by atoms with E-state index in [-0.39, 0.29) is 22.4 Å². The zero-order valence-corrected chi connectivity index (χ0v) is 14.0. The number of amides is 1. The average Bonchev–Trinajstić information content (AvgIpc) is 2.41. The van der Waals surface area contributed by atoms with Gasteiger partial charge < -0.3 is 11.1 Å². The van der Waals surface area contributed by atoms with E-state index >= 15 is 0 Å². The highest BCUT2D eigenvalue weighted by Crippen LogP contribution is 2.28. The second-order valence-electron chi connectivity index (χ2n) is 4.92. The second kappa shape index (κ2) is 6.64. The molecule has 1 unspecified atom stereocenters. The van der Waals surface area contributed by atoms with Crippen molar-refractivity contribution in [1.82, 2.24) is 9.62 Å². The van der Waals surface area contributed by atoms with E-state index < -0.39 is 15.9 Å². The maximum absolute atomic E-state index is 12.6. The smallest absolute Gasteiger partial charge is 0.243 e. The number of carbonyl (C=O) groups excluding carboxylic acids is 1. The molecule has 21 heavy (non-hydrogen) atoms. The molecule has 0 aliphatic heterocycles. The first-order valence-electron chi connectivity index (χ1n) is 6.34. The molecule has 0 heterocycles. The van der Waals surface area contributed by atoms with Crippen molar-refractivity contribution in [1.29, 1.82) is 0 Å². The lowest BCUT2D eigenvalue weighted by molar-refractivity contribution is -0.124. The Morgan fingerprint density at radius 1 is 1.48 bits per heavy atom. The van der Waals surface area contributed by atoms with Crippen molar-refractivity contribution in [3.8, 4) is 0 Å². The Kier molecular flexibility index (Phi) is 5.61. The first kappa shape index (κ1) is 17.7. The number of nitrogen functional groups attached to an aromatic ring is 1. The molecular weight excluding hydrogens is 314 g/mol. The number of nitrogens with two attached hydrogens (primary N) is 1. The molecule has 0 aromatic heterocycles. The standard InChI is InChI=1S/C13H20ClN3O3S/c1-8(13(18)16-3)7-17(4)21(19,20)12-6-10(14)5-11(15)9(12)2/h5-6,8H,7,15H2,1-4H3,(H,16,18). The molecule has 0 aliphatic carbocycles. The summed E-state index contributed by atoms with van der Waals surface area (Å²) >= 11 is 5.88. The first-order valence-corrected chi connectivity index (χ1v) is 8.16. The number of carbonyl (C=O) groups is 1. The summed E-state index contributed by atoms with van der Waals surface area (Å²) in [5.74, 6) is -0.689. The predicted molar refractivity (Wildman–Crippen MR) is 83.6 cm³/mol. The number of anilines is 1. The molecule has 1 atom stereocenters. The van der Waals surface area contributed by atoms with Gasteiger partial charge in [0.25, 0.3) is 0 Å². The van der Waals surface area contributed by atoms with Crippen molar-refractivity contribution in [2.45, 2.75) is 18.7 Å². The molecule has 1 aromatic rings. The molecule has 3 N–H and O–H groups in total. The molecule has 1 aromatic carbocycles. The number of hydrogen-bond donors (Lipinski definition) is 2. The van der Waals surface area contributed by atoms with E-state index in [1.807, 2.05) is 0 Å². The molecule has 8 heteroatoms. The number of nitrogens with zero attached hydrogens (tertiary/aromatic N) is 1. The lowest BCUT2D eigenvalue weighted by atomic mass is 10.2. The SMILES string of the molecule is CNC(=O)C(C)CN(C)S(=O)(=O)c1cc(Cl)cc(N)c1C. The fourth-order valence-corrected chi connectivity index (χ4v) is 3.75. The summed E-state index contributed by atoms with van der Waals surface area (Å²) < 4.78 is 26.3. The summed E-state index contributed by atoms with van der Waals surface area (Å²) in [6, 6.07) is 2.87. The third-order valence-electron chi connectivity index (χ3n) is 3.28. The molecule has 0 bridgehead atoms. The molecule has 6 nitrogen and oxygen atoms in total. The van der Waals surface area contributed by atoms with Crippen molar-refractivity contribution in [2.24, 2.45) is 5.92 Å². The van der Waals surface area contributed by atoms with Crippen molar-refractivity contribution in [3.05, 3.63) is 22.7 Å². The Hall–Kier alpha value is -1.31. The van der Waals surface area contributed by atoms with Crippen LogP contribution >= 0.6 is 11.6 Å². The summed E-state index contributed by atoms with van der Waals surface area (Å²) in [5, 5.41) is 2.74. The Morgan fingerprint density at radius 2 is 2.05 bits per heavy atom. The van der Waals surface area contributed by atoms with Crippen LogP contribution in [0.15, 0.2) is 17.0 Å². The zero-order chi connectivity index (χ0) is 16.4. The average molecular weight is 334 g/mol. The highest BCUT2D eigenvalue weighted by molar-refractivity contribution is 7.89. The van der Waals surface area contributed by atoms with E-state index in [0.29, 0.717) is 11.3 Å². The fraction of sp³-hybridized carbons (Fsp3) is 0.462. The fourth-order valence-electron chi connectivity index (χ4n) is 1.92. The van der Waals surface area contributed by atoms with Gasteiger partial charge in [-0.05, 0) is 24.6 Å². The van der Waals surface area contributed by atoms with Gasteiger partial charge in [-0.2, -0.15) is 0 Å². The minimum atomic E-state index is -3.76. The molecule has 0 saturated carbocycles. The second-order valence-corrected chi connectivity index (χ2v) is 7.37. The van der Waals surface area contributed by atoms with Crippen LogP contribution in [0, 0.1) is 12.8 Å². The van der Waals surface area contributed by atoms with E-state index in [1.54, 1.807) is 13.8 Å². The highest BCUT2D eigenvalue weighted by atomic mass is 35.5. The number of benzene rings is 1. The van der Waals surface area contributed by atoms with Gasteiger partial charge >= 0.3 is 0 Å². The van der Waals surface area contributed by atoms with Crippen molar-refractivity contribution < 1.29 is 13.2 Å². The summed E-state index contributed by atoms with van der Waals surface area (Å²) in [6.45, 7) is 3.34. The van der Waals surface area contributed by atoms with Crippen LogP contribution in [0.2, 0.25) is 5.02 Å². The van der Waals surface area contributed by atoms with Crippen LogP contribution < -0.4 is 11.1 Å². The van der Waals surface area contributed by atoms with Gasteiger partial charge in [-0.25, -0.2) is 12.7 Å². The lowest BCUT2D eigenvalue weighted by Gasteiger charge is -2.22. The molecule has 0 saturated heterocycles. The molecule has 0 aliphatic rings. The van der Waals surface area contributed by atoms with Crippen molar-refractivity contribution in [3.63, 3.8) is 0 Å². The lowest BCUT2D eigenvalue weighted by Crippen LogP contribution is -2.37. The van der Waals surface area contributed by atoms with Crippen LogP contribution in [-0.2, 0) is 14.8 Å². The van der Waals surface area contributed by atoms with E-state index in [9.17, 15) is 13.2 Å². The van der Waals surface area contributed by atoms with E-state index in [1.165, 1.54) is 26.2 Å². The van der Waals surface area contributed by atoms with E-state index in [2.05, 4.69) is 5.32 Å². The Labute approximate surface area is 130 Å². The van der Waals surface area contributed by atoms with Crippen LogP contribution in [-0.4, -0.2) is 39.3 Å². The third-order valence-corrected chi connectivity index (χ3v) is 5.45. The topological polar surface area (TPSA) is 92.5 Å². The first-order chi connectivity index (χ1) is 9.61. The molecule has 0 spiro atoms. The largest absolute Gasteiger partial charge is 0.398 e. The van der Waals surface area contributed by atoms with Gasteiger partial charge in [0.15, 0.2) is 0 Å². The van der Waals surface area contributed by atoms with Gasteiger partial charge in [-0.15, -0.1) is 0 Å². The number of rotatable bonds is 5. The molecule has 1 rings (SSSR count). The van der Waals surface area contributed by atoms with Crippen LogP contribution in [0.5, 0.6) is 0 Å². The summed E-state index contributed by atoms with van der Waals surface area (Å²) in [4.78, 5) is 11.6.